The summed E-state index contributed by atoms with van der Waals surface area (Å²) in [7, 11) is 0. The first kappa shape index (κ1) is 16.2. The van der Waals surface area contributed by atoms with E-state index in [4.69, 9.17) is 4.74 Å². The first-order valence-corrected chi connectivity index (χ1v) is 9.47. The lowest BCUT2D eigenvalue weighted by Gasteiger charge is -2.20. The minimum atomic E-state index is -0.546. The molecule has 1 aromatic heterocycles. The summed E-state index contributed by atoms with van der Waals surface area (Å²) in [6, 6.07) is 12.8. The Hall–Kier alpha value is -2.32. The predicted octanol–water partition coefficient (Wildman–Crippen LogP) is 4.23. The van der Waals surface area contributed by atoms with Gasteiger partial charge < -0.3 is 15.2 Å². The van der Waals surface area contributed by atoms with E-state index in [0.717, 1.165) is 21.3 Å². The van der Waals surface area contributed by atoms with Crippen LogP contribution in [0.4, 0.5) is 5.69 Å². The second kappa shape index (κ2) is 6.53. The van der Waals surface area contributed by atoms with Gasteiger partial charge in [0.25, 0.3) is 0 Å². The van der Waals surface area contributed by atoms with Crippen LogP contribution in [0.5, 0.6) is 11.6 Å². The van der Waals surface area contributed by atoms with E-state index in [1.807, 2.05) is 30.5 Å². The number of phenols is 1. The maximum atomic E-state index is 9.87. The lowest BCUT2D eigenvalue weighted by atomic mass is 10.1. The second-order valence-electron chi connectivity index (χ2n) is 5.35. The SMILES string of the molecule is CSc1nnc2c(n1)O[C@H](c1cc(O)ccc1Br)Nc1ccccc1-2. The molecule has 0 radical (unpaired) electrons. The van der Waals surface area contributed by atoms with Gasteiger partial charge in [0.15, 0.2) is 11.9 Å². The Balaban J connectivity index is 1.89. The maximum Gasteiger partial charge on any atom is 0.247 e. The average molecular weight is 417 g/mol. The van der Waals surface area contributed by atoms with Crippen LogP contribution in [0, 0.1) is 0 Å². The molecule has 1 atom stereocenters. The first-order valence-electron chi connectivity index (χ1n) is 7.45. The van der Waals surface area contributed by atoms with Gasteiger partial charge in [-0.25, -0.2) is 0 Å². The van der Waals surface area contributed by atoms with E-state index in [2.05, 4.69) is 36.4 Å². The van der Waals surface area contributed by atoms with Crippen LogP contribution in [-0.2, 0) is 0 Å². The molecule has 0 spiro atoms. The van der Waals surface area contributed by atoms with Gasteiger partial charge in [0.05, 0.1) is 0 Å². The topological polar surface area (TPSA) is 80.2 Å². The fourth-order valence-corrected chi connectivity index (χ4v) is 3.36. The van der Waals surface area contributed by atoms with Crippen molar-refractivity contribution in [3.05, 3.63) is 52.5 Å². The molecule has 0 saturated carbocycles. The number of halogens is 1. The minimum Gasteiger partial charge on any atom is -0.508 e. The fourth-order valence-electron chi connectivity index (χ4n) is 2.61. The Morgan fingerprint density at radius 1 is 1.20 bits per heavy atom. The highest BCUT2D eigenvalue weighted by Crippen LogP contribution is 2.41. The molecule has 0 amide bonds. The van der Waals surface area contributed by atoms with Crippen molar-refractivity contribution < 1.29 is 9.84 Å². The molecule has 6 nitrogen and oxygen atoms in total. The van der Waals surface area contributed by atoms with Gasteiger partial charge in [-0.15, -0.1) is 10.2 Å². The predicted molar refractivity (Wildman–Crippen MR) is 99.8 cm³/mol. The number of thioether (sulfide) groups is 1. The summed E-state index contributed by atoms with van der Waals surface area (Å²) in [5.74, 6) is 0.559. The largest absolute Gasteiger partial charge is 0.508 e. The van der Waals surface area contributed by atoms with Crippen molar-refractivity contribution in [3.8, 4) is 22.9 Å². The van der Waals surface area contributed by atoms with Crippen LogP contribution in [-0.4, -0.2) is 26.5 Å². The number of nitrogens with one attached hydrogen (secondary N) is 1. The molecule has 25 heavy (non-hydrogen) atoms. The van der Waals surface area contributed by atoms with Gasteiger partial charge >= 0.3 is 0 Å². The molecule has 0 bridgehead atoms. The van der Waals surface area contributed by atoms with Crippen molar-refractivity contribution in [1.82, 2.24) is 15.2 Å². The Bertz CT molecular complexity index is 954. The van der Waals surface area contributed by atoms with Crippen LogP contribution >= 0.6 is 27.7 Å². The van der Waals surface area contributed by atoms with E-state index in [0.29, 0.717) is 16.7 Å². The highest BCUT2D eigenvalue weighted by atomic mass is 79.9. The molecule has 0 saturated heterocycles. The van der Waals surface area contributed by atoms with Gasteiger partial charge in [0, 0.05) is 21.3 Å². The van der Waals surface area contributed by atoms with Gasteiger partial charge in [-0.3, -0.25) is 0 Å². The number of fused-ring (bicyclic) bond motifs is 3. The number of nitrogens with zero attached hydrogens (tertiary/aromatic N) is 3. The number of hydrogen-bond acceptors (Lipinski definition) is 7. The number of anilines is 1. The van der Waals surface area contributed by atoms with Gasteiger partial charge in [0.2, 0.25) is 11.0 Å². The summed E-state index contributed by atoms with van der Waals surface area (Å²) in [5.41, 5.74) is 3.06. The Kier molecular flexibility index (Phi) is 4.22. The smallest absolute Gasteiger partial charge is 0.247 e. The molecule has 0 fully saturated rings. The quantitative estimate of drug-likeness (QED) is 0.604. The fraction of sp³-hybridized carbons (Fsp3) is 0.118. The summed E-state index contributed by atoms with van der Waals surface area (Å²) in [4.78, 5) is 4.47. The Labute approximate surface area is 156 Å². The number of hydrogen-bond donors (Lipinski definition) is 2. The van der Waals surface area contributed by atoms with E-state index < -0.39 is 6.23 Å². The molecule has 2 N–H and O–H groups in total. The standard InChI is InChI=1S/C17H13BrN4O2S/c1-25-17-20-16-14(21-22-17)10-4-2-3-5-13(10)19-15(24-16)11-8-9(23)6-7-12(11)18/h2-8,15,19,23H,1H3/t15-/m1/s1. The van der Waals surface area contributed by atoms with Crippen LogP contribution in [0.2, 0.25) is 0 Å². The third-order valence-corrected chi connectivity index (χ3v) is 5.04. The molecular weight excluding hydrogens is 404 g/mol. The third kappa shape index (κ3) is 3.03. The van der Waals surface area contributed by atoms with E-state index in [-0.39, 0.29) is 5.75 Å². The van der Waals surface area contributed by atoms with E-state index in [1.165, 1.54) is 11.8 Å². The summed E-state index contributed by atoms with van der Waals surface area (Å²) >= 11 is 4.91. The summed E-state index contributed by atoms with van der Waals surface area (Å²) in [6.45, 7) is 0. The molecule has 1 aliphatic heterocycles. The summed E-state index contributed by atoms with van der Waals surface area (Å²) < 4.78 is 6.94. The number of ether oxygens (including phenoxy) is 1. The van der Waals surface area contributed by atoms with Crippen LogP contribution in [0.25, 0.3) is 11.3 Å². The Morgan fingerprint density at radius 3 is 2.88 bits per heavy atom. The van der Waals surface area contributed by atoms with Crippen molar-refractivity contribution in [2.45, 2.75) is 11.4 Å². The zero-order chi connectivity index (χ0) is 17.4. The molecule has 2 aromatic carbocycles. The number of rotatable bonds is 2. The maximum absolute atomic E-state index is 9.87. The second-order valence-corrected chi connectivity index (χ2v) is 6.97. The monoisotopic (exact) mass is 416 g/mol. The van der Waals surface area contributed by atoms with Gasteiger partial charge in [-0.1, -0.05) is 45.9 Å². The lowest BCUT2D eigenvalue weighted by Crippen LogP contribution is -2.17. The van der Waals surface area contributed by atoms with Crippen molar-refractivity contribution in [1.29, 1.82) is 0 Å². The zero-order valence-electron chi connectivity index (χ0n) is 13.1. The average Bonchev–Trinajstić information content (AvgIpc) is 2.79. The normalized spacial score (nSPS) is 15.4. The highest BCUT2D eigenvalue weighted by molar-refractivity contribution is 9.10. The number of benzene rings is 2. The molecule has 1 aliphatic rings. The van der Waals surface area contributed by atoms with Crippen LogP contribution in [0.15, 0.2) is 52.1 Å². The summed E-state index contributed by atoms with van der Waals surface area (Å²) in [5, 5.41) is 22.2. The molecular formula is C17H13BrN4O2S. The highest BCUT2D eigenvalue weighted by Gasteiger charge is 2.27. The number of aromatic nitrogens is 3. The molecule has 2 heterocycles. The lowest BCUT2D eigenvalue weighted by molar-refractivity contribution is 0.224. The van der Waals surface area contributed by atoms with Gasteiger partial charge in [-0.2, -0.15) is 4.98 Å². The number of phenolic OH excluding ortho intramolecular Hbond substituents is 1. The van der Waals surface area contributed by atoms with Gasteiger partial charge in [-0.05, 0) is 30.5 Å². The van der Waals surface area contributed by atoms with Crippen LogP contribution < -0.4 is 10.1 Å². The molecule has 3 aromatic rings. The van der Waals surface area contributed by atoms with Crippen molar-refractivity contribution in [2.75, 3.05) is 11.6 Å². The van der Waals surface area contributed by atoms with E-state index in [1.54, 1.807) is 18.2 Å². The zero-order valence-corrected chi connectivity index (χ0v) is 15.5. The molecule has 4 rings (SSSR count). The number of aromatic hydroxyl groups is 1. The van der Waals surface area contributed by atoms with E-state index in [9.17, 15) is 5.11 Å². The first-order chi connectivity index (χ1) is 12.2. The Morgan fingerprint density at radius 2 is 2.04 bits per heavy atom. The van der Waals surface area contributed by atoms with E-state index >= 15 is 0 Å². The molecule has 0 aliphatic carbocycles. The van der Waals surface area contributed by atoms with Crippen molar-refractivity contribution >= 4 is 33.4 Å². The molecule has 0 unspecified atom stereocenters. The van der Waals surface area contributed by atoms with Crippen molar-refractivity contribution in [2.24, 2.45) is 0 Å². The molecule has 8 heteroatoms. The van der Waals surface area contributed by atoms with Crippen LogP contribution in [0.1, 0.15) is 11.8 Å². The van der Waals surface area contributed by atoms with Gasteiger partial charge in [0.1, 0.15) is 5.75 Å². The minimum absolute atomic E-state index is 0.159. The summed E-state index contributed by atoms with van der Waals surface area (Å²) in [6.07, 6.45) is 1.34. The van der Waals surface area contributed by atoms with Crippen LogP contribution in [0.3, 0.4) is 0 Å². The van der Waals surface area contributed by atoms with Crippen molar-refractivity contribution in [3.63, 3.8) is 0 Å². The number of para-hydroxylation sites is 1. The molecule has 126 valence electrons. The third-order valence-electron chi connectivity index (χ3n) is 3.78.